The fourth-order valence-corrected chi connectivity index (χ4v) is 4.62. The second-order valence-corrected chi connectivity index (χ2v) is 7.98. The molecule has 3 heterocycles. The molecule has 140 valence electrons. The summed E-state index contributed by atoms with van der Waals surface area (Å²) in [5, 5.41) is 3.19. The van der Waals surface area contributed by atoms with E-state index in [1.807, 2.05) is 6.20 Å². The summed E-state index contributed by atoms with van der Waals surface area (Å²) in [6.45, 7) is 6.43. The minimum Gasteiger partial charge on any atom is -0.497 e. The van der Waals surface area contributed by atoms with Crippen LogP contribution in [0.4, 0.5) is 5.82 Å². The van der Waals surface area contributed by atoms with E-state index in [2.05, 4.69) is 53.4 Å². The third kappa shape index (κ3) is 3.69. The summed E-state index contributed by atoms with van der Waals surface area (Å²) in [6.07, 6.45) is 5.74. The first kappa shape index (κ1) is 18.0. The van der Waals surface area contributed by atoms with Gasteiger partial charge in [-0.05, 0) is 68.5 Å². The summed E-state index contributed by atoms with van der Waals surface area (Å²) in [6, 6.07) is 8.38. The lowest BCUT2D eigenvalue weighted by Gasteiger charge is -2.27. The average Bonchev–Trinajstić information content (AvgIpc) is 3.18. The number of ether oxygens (including phenoxy) is 1. The Hall–Kier alpha value is -2.40. The maximum Gasteiger partial charge on any atom is 0.129 e. The van der Waals surface area contributed by atoms with Crippen molar-refractivity contribution in [1.82, 2.24) is 9.97 Å². The second kappa shape index (κ2) is 7.69. The van der Waals surface area contributed by atoms with Crippen molar-refractivity contribution < 1.29 is 4.74 Å². The van der Waals surface area contributed by atoms with Crippen LogP contribution in [-0.4, -0.2) is 30.2 Å². The van der Waals surface area contributed by atoms with Gasteiger partial charge in [-0.2, -0.15) is 0 Å². The summed E-state index contributed by atoms with van der Waals surface area (Å²) >= 11 is 1.69. The fourth-order valence-electron chi connectivity index (χ4n) is 3.81. The van der Waals surface area contributed by atoms with E-state index >= 15 is 0 Å². The lowest BCUT2D eigenvalue weighted by atomic mass is 10.0. The Balaban J connectivity index is 1.65. The third-order valence-electron chi connectivity index (χ3n) is 5.17. The van der Waals surface area contributed by atoms with Crippen LogP contribution in [0.15, 0.2) is 35.8 Å². The van der Waals surface area contributed by atoms with Gasteiger partial charge < -0.3 is 9.64 Å². The summed E-state index contributed by atoms with van der Waals surface area (Å²) in [5.41, 5.74) is 5.75. The number of methoxy groups -OCH3 is 1. The molecule has 4 nitrogen and oxygen atoms in total. The molecule has 0 bridgehead atoms. The van der Waals surface area contributed by atoms with Crippen LogP contribution >= 0.6 is 11.3 Å². The van der Waals surface area contributed by atoms with Crippen molar-refractivity contribution in [2.45, 2.75) is 33.1 Å². The molecule has 1 aliphatic heterocycles. The molecule has 1 fully saturated rings. The monoisotopic (exact) mass is 379 g/mol. The number of pyridine rings is 1. The van der Waals surface area contributed by atoms with Crippen LogP contribution in [0.3, 0.4) is 0 Å². The number of rotatable bonds is 4. The highest BCUT2D eigenvalue weighted by Gasteiger charge is 2.15. The molecule has 4 rings (SSSR count). The zero-order valence-corrected chi connectivity index (χ0v) is 17.0. The van der Waals surface area contributed by atoms with E-state index in [0.717, 1.165) is 40.9 Å². The minimum atomic E-state index is 0.893. The van der Waals surface area contributed by atoms with E-state index < -0.39 is 0 Å². The molecule has 2 aromatic heterocycles. The first-order valence-electron chi connectivity index (χ1n) is 9.48. The van der Waals surface area contributed by atoms with Gasteiger partial charge in [-0.25, -0.2) is 9.97 Å². The van der Waals surface area contributed by atoms with Crippen LogP contribution in [0.2, 0.25) is 0 Å². The zero-order chi connectivity index (χ0) is 18.8. The molecule has 0 atom stereocenters. The van der Waals surface area contributed by atoms with Gasteiger partial charge in [0.15, 0.2) is 0 Å². The molecule has 1 aliphatic rings. The van der Waals surface area contributed by atoms with Gasteiger partial charge in [0.05, 0.1) is 12.8 Å². The molecule has 0 spiro atoms. The number of aromatic nitrogens is 2. The Labute approximate surface area is 164 Å². The van der Waals surface area contributed by atoms with Crippen LogP contribution in [0.5, 0.6) is 5.75 Å². The third-order valence-corrected chi connectivity index (χ3v) is 6.07. The number of piperidine rings is 1. The quantitative estimate of drug-likeness (QED) is 0.601. The van der Waals surface area contributed by atoms with Gasteiger partial charge in [-0.1, -0.05) is 0 Å². The van der Waals surface area contributed by atoms with Gasteiger partial charge in [-0.15, -0.1) is 11.3 Å². The highest BCUT2D eigenvalue weighted by molar-refractivity contribution is 7.13. The van der Waals surface area contributed by atoms with E-state index in [1.165, 1.54) is 36.0 Å². The molecule has 1 aromatic carbocycles. The van der Waals surface area contributed by atoms with Crippen molar-refractivity contribution in [1.29, 1.82) is 0 Å². The van der Waals surface area contributed by atoms with Crippen LogP contribution in [-0.2, 0) is 0 Å². The van der Waals surface area contributed by atoms with Crippen LogP contribution in [0, 0.1) is 13.8 Å². The highest BCUT2D eigenvalue weighted by Crippen LogP contribution is 2.35. The molecular weight excluding hydrogens is 354 g/mol. The number of anilines is 1. The first-order valence-corrected chi connectivity index (χ1v) is 10.4. The largest absolute Gasteiger partial charge is 0.497 e. The van der Waals surface area contributed by atoms with Crippen LogP contribution < -0.4 is 9.64 Å². The van der Waals surface area contributed by atoms with E-state index in [1.54, 1.807) is 18.4 Å². The number of hydrogen-bond donors (Lipinski definition) is 0. The Morgan fingerprint density at radius 1 is 1.04 bits per heavy atom. The fraction of sp³-hybridized carbons (Fsp3) is 0.364. The molecule has 0 N–H and O–H groups in total. The van der Waals surface area contributed by atoms with Gasteiger partial charge in [0, 0.05) is 35.8 Å². The molecule has 3 aromatic rings. The number of aryl methyl sites for hydroxylation is 2. The second-order valence-electron chi connectivity index (χ2n) is 7.12. The Morgan fingerprint density at radius 3 is 2.48 bits per heavy atom. The molecule has 0 radical (unpaired) electrons. The van der Waals surface area contributed by atoms with Crippen molar-refractivity contribution in [2.75, 3.05) is 25.1 Å². The number of benzene rings is 1. The van der Waals surface area contributed by atoms with E-state index in [-0.39, 0.29) is 0 Å². The summed E-state index contributed by atoms with van der Waals surface area (Å²) in [5.74, 6) is 1.96. The van der Waals surface area contributed by atoms with Gasteiger partial charge >= 0.3 is 0 Å². The molecule has 5 heteroatoms. The smallest absolute Gasteiger partial charge is 0.129 e. The summed E-state index contributed by atoms with van der Waals surface area (Å²) in [4.78, 5) is 11.9. The molecule has 1 saturated heterocycles. The average molecular weight is 380 g/mol. The molecule has 27 heavy (non-hydrogen) atoms. The Morgan fingerprint density at radius 2 is 1.78 bits per heavy atom. The zero-order valence-electron chi connectivity index (χ0n) is 16.2. The van der Waals surface area contributed by atoms with Crippen molar-refractivity contribution in [3.05, 3.63) is 47.0 Å². The molecule has 0 saturated carbocycles. The number of thiazole rings is 1. The molecule has 0 amide bonds. The van der Waals surface area contributed by atoms with Gasteiger partial charge in [0.25, 0.3) is 0 Å². The van der Waals surface area contributed by atoms with Gasteiger partial charge in [-0.3, -0.25) is 0 Å². The topological polar surface area (TPSA) is 38.2 Å². The van der Waals surface area contributed by atoms with Crippen molar-refractivity contribution in [3.63, 3.8) is 0 Å². The van der Waals surface area contributed by atoms with E-state index in [0.29, 0.717) is 0 Å². The lowest BCUT2D eigenvalue weighted by molar-refractivity contribution is 0.414. The van der Waals surface area contributed by atoms with Crippen molar-refractivity contribution in [2.24, 2.45) is 0 Å². The van der Waals surface area contributed by atoms with Gasteiger partial charge in [0.1, 0.15) is 16.6 Å². The Bertz CT molecular complexity index is 921. The minimum absolute atomic E-state index is 0.893. The van der Waals surface area contributed by atoms with Crippen LogP contribution in [0.1, 0.15) is 30.4 Å². The molecule has 0 unspecified atom stereocenters. The summed E-state index contributed by atoms with van der Waals surface area (Å²) in [7, 11) is 1.71. The van der Waals surface area contributed by atoms with E-state index in [9.17, 15) is 0 Å². The molecule has 0 aliphatic carbocycles. The standard InChI is InChI=1S/C22H25N3OS/c1-15-11-18(26-3)12-16(2)21(15)19-14-27-22(24-19)17-7-8-23-20(13-17)25-9-5-4-6-10-25/h7-8,11-14H,4-6,9-10H2,1-3H3. The molecular formula is C22H25N3OS. The normalized spacial score (nSPS) is 14.4. The van der Waals surface area contributed by atoms with E-state index in [4.69, 9.17) is 9.72 Å². The predicted molar refractivity (Wildman–Crippen MR) is 113 cm³/mol. The predicted octanol–water partition coefficient (Wildman–Crippen LogP) is 5.49. The Kier molecular flexibility index (Phi) is 5.12. The van der Waals surface area contributed by atoms with Crippen molar-refractivity contribution >= 4 is 17.2 Å². The van der Waals surface area contributed by atoms with Crippen LogP contribution in [0.25, 0.3) is 21.8 Å². The number of nitrogens with zero attached hydrogens (tertiary/aromatic N) is 3. The lowest BCUT2D eigenvalue weighted by Crippen LogP contribution is -2.30. The summed E-state index contributed by atoms with van der Waals surface area (Å²) < 4.78 is 5.38. The number of hydrogen-bond acceptors (Lipinski definition) is 5. The highest BCUT2D eigenvalue weighted by atomic mass is 32.1. The SMILES string of the molecule is COc1cc(C)c(-c2csc(-c3ccnc(N4CCCCC4)c3)n2)c(C)c1. The maximum atomic E-state index is 5.38. The first-order chi connectivity index (χ1) is 13.2. The maximum absolute atomic E-state index is 5.38. The van der Waals surface area contributed by atoms with Gasteiger partial charge in [0.2, 0.25) is 0 Å². The van der Waals surface area contributed by atoms with Crippen molar-refractivity contribution in [3.8, 4) is 27.6 Å².